The van der Waals surface area contributed by atoms with Crippen LogP contribution in [0.3, 0.4) is 0 Å². The van der Waals surface area contributed by atoms with Crippen LogP contribution >= 0.6 is 0 Å². The van der Waals surface area contributed by atoms with Crippen molar-refractivity contribution in [2.45, 2.75) is 45.6 Å². The van der Waals surface area contributed by atoms with Gasteiger partial charge < -0.3 is 20.2 Å². The van der Waals surface area contributed by atoms with Crippen molar-refractivity contribution in [1.29, 1.82) is 0 Å². The molecule has 0 heterocycles. The second-order valence-corrected chi connectivity index (χ2v) is 5.86. The molecule has 20 heavy (non-hydrogen) atoms. The Hall–Kier alpha value is -0.650. The highest BCUT2D eigenvalue weighted by Gasteiger charge is 2.31. The van der Waals surface area contributed by atoms with E-state index in [0.717, 1.165) is 39.0 Å². The monoisotopic (exact) mass is 287 g/mol. The fraction of sp³-hybridized carbons (Fsp3) is 0.933. The SMILES string of the molecule is CCNC(C)(CCCN(CC)CCCN(C)C)C(=O)O. The summed E-state index contributed by atoms with van der Waals surface area (Å²) in [5.41, 5.74) is -0.794. The molecular weight excluding hydrogens is 254 g/mol. The molecule has 0 aromatic heterocycles. The molecule has 120 valence electrons. The highest BCUT2D eigenvalue weighted by molar-refractivity contribution is 5.78. The number of carboxylic acids is 1. The number of likely N-dealkylation sites (N-methyl/N-ethyl adjacent to an activating group) is 1. The minimum Gasteiger partial charge on any atom is -0.480 e. The maximum absolute atomic E-state index is 11.3. The van der Waals surface area contributed by atoms with Gasteiger partial charge in [0.05, 0.1) is 0 Å². The Labute approximate surface area is 124 Å². The van der Waals surface area contributed by atoms with Crippen LogP contribution in [-0.2, 0) is 4.79 Å². The molecule has 5 heteroatoms. The second-order valence-electron chi connectivity index (χ2n) is 5.86. The van der Waals surface area contributed by atoms with Gasteiger partial charge in [-0.25, -0.2) is 0 Å². The molecule has 1 atom stereocenters. The molecule has 0 radical (unpaired) electrons. The van der Waals surface area contributed by atoms with Crippen LogP contribution in [0.25, 0.3) is 0 Å². The van der Waals surface area contributed by atoms with E-state index < -0.39 is 11.5 Å². The fourth-order valence-corrected chi connectivity index (χ4v) is 2.36. The number of hydrogen-bond acceptors (Lipinski definition) is 4. The molecule has 0 rings (SSSR count). The van der Waals surface area contributed by atoms with Crippen molar-refractivity contribution in [2.24, 2.45) is 0 Å². The van der Waals surface area contributed by atoms with Crippen molar-refractivity contribution in [1.82, 2.24) is 15.1 Å². The molecule has 0 aliphatic heterocycles. The minimum absolute atomic E-state index is 0.667. The van der Waals surface area contributed by atoms with E-state index in [0.29, 0.717) is 13.0 Å². The van der Waals surface area contributed by atoms with Gasteiger partial charge in [0.25, 0.3) is 0 Å². The number of carbonyl (C=O) groups is 1. The van der Waals surface area contributed by atoms with Gasteiger partial charge in [-0.2, -0.15) is 0 Å². The molecule has 0 saturated carbocycles. The molecule has 0 aromatic carbocycles. The maximum Gasteiger partial charge on any atom is 0.323 e. The van der Waals surface area contributed by atoms with E-state index in [-0.39, 0.29) is 0 Å². The van der Waals surface area contributed by atoms with Gasteiger partial charge in [-0.3, -0.25) is 4.79 Å². The first-order valence-electron chi connectivity index (χ1n) is 7.71. The van der Waals surface area contributed by atoms with Gasteiger partial charge in [0.1, 0.15) is 5.54 Å². The zero-order valence-corrected chi connectivity index (χ0v) is 13.9. The normalized spacial score (nSPS) is 14.8. The van der Waals surface area contributed by atoms with Gasteiger partial charge in [0, 0.05) is 0 Å². The third-order valence-electron chi connectivity index (χ3n) is 3.72. The Morgan fingerprint density at radius 2 is 1.75 bits per heavy atom. The molecule has 0 amide bonds. The van der Waals surface area contributed by atoms with E-state index in [1.165, 1.54) is 0 Å². The van der Waals surface area contributed by atoms with Crippen molar-refractivity contribution in [3.63, 3.8) is 0 Å². The lowest BCUT2D eigenvalue weighted by Gasteiger charge is -2.27. The topological polar surface area (TPSA) is 55.8 Å². The molecule has 0 aliphatic carbocycles. The predicted octanol–water partition coefficient (Wildman–Crippen LogP) is 1.49. The molecule has 0 bridgehead atoms. The molecular formula is C15H33N3O2. The Kier molecular flexibility index (Phi) is 9.80. The van der Waals surface area contributed by atoms with Crippen molar-refractivity contribution < 1.29 is 9.90 Å². The lowest BCUT2D eigenvalue weighted by molar-refractivity contribution is -0.144. The Bertz CT molecular complexity index is 272. The zero-order chi connectivity index (χ0) is 15.6. The van der Waals surface area contributed by atoms with Gasteiger partial charge in [0.2, 0.25) is 0 Å². The van der Waals surface area contributed by atoms with Crippen molar-refractivity contribution in [2.75, 3.05) is 46.8 Å². The predicted molar refractivity (Wildman–Crippen MR) is 84.2 cm³/mol. The molecule has 5 nitrogen and oxygen atoms in total. The maximum atomic E-state index is 11.3. The molecule has 0 spiro atoms. The van der Waals surface area contributed by atoms with Crippen molar-refractivity contribution in [3.8, 4) is 0 Å². The Morgan fingerprint density at radius 3 is 2.20 bits per heavy atom. The van der Waals surface area contributed by atoms with E-state index in [2.05, 4.69) is 36.1 Å². The number of nitrogens with zero attached hydrogens (tertiary/aromatic N) is 2. The second kappa shape index (κ2) is 10.1. The number of nitrogens with one attached hydrogen (secondary N) is 1. The highest BCUT2D eigenvalue weighted by Crippen LogP contribution is 2.13. The Balaban J connectivity index is 4.07. The largest absolute Gasteiger partial charge is 0.480 e. The van der Waals surface area contributed by atoms with Crippen molar-refractivity contribution >= 4 is 5.97 Å². The standard InChI is InChI=1S/C15H33N3O2/c1-6-16-15(3,14(19)20)10-8-12-18(7-2)13-9-11-17(4)5/h16H,6-13H2,1-5H3,(H,19,20). The summed E-state index contributed by atoms with van der Waals surface area (Å²) in [7, 11) is 4.18. The molecule has 0 aromatic rings. The van der Waals surface area contributed by atoms with E-state index >= 15 is 0 Å². The highest BCUT2D eigenvalue weighted by atomic mass is 16.4. The van der Waals surface area contributed by atoms with Crippen LogP contribution in [0.4, 0.5) is 0 Å². The summed E-state index contributed by atoms with van der Waals surface area (Å²) in [5.74, 6) is -0.755. The van der Waals surface area contributed by atoms with Crippen LogP contribution in [0.15, 0.2) is 0 Å². The Morgan fingerprint density at radius 1 is 1.15 bits per heavy atom. The first-order valence-corrected chi connectivity index (χ1v) is 7.71. The fourth-order valence-electron chi connectivity index (χ4n) is 2.36. The van der Waals surface area contributed by atoms with Crippen LogP contribution in [0.1, 0.15) is 40.0 Å². The van der Waals surface area contributed by atoms with Crippen molar-refractivity contribution in [3.05, 3.63) is 0 Å². The molecule has 1 unspecified atom stereocenters. The van der Waals surface area contributed by atoms with Crippen LogP contribution in [0.2, 0.25) is 0 Å². The summed E-state index contributed by atoms with van der Waals surface area (Å²) >= 11 is 0. The summed E-state index contributed by atoms with van der Waals surface area (Å²) < 4.78 is 0. The van der Waals surface area contributed by atoms with E-state index in [4.69, 9.17) is 0 Å². The number of aliphatic carboxylic acids is 1. The van der Waals surface area contributed by atoms with E-state index in [1.807, 2.05) is 6.92 Å². The van der Waals surface area contributed by atoms with Crippen LogP contribution in [0, 0.1) is 0 Å². The lowest BCUT2D eigenvalue weighted by atomic mass is 9.95. The number of carboxylic acid groups (broad SMARTS) is 1. The summed E-state index contributed by atoms with van der Waals surface area (Å²) in [4.78, 5) is 15.9. The number of rotatable bonds is 12. The van der Waals surface area contributed by atoms with Crippen LogP contribution < -0.4 is 5.32 Å². The van der Waals surface area contributed by atoms with Crippen LogP contribution in [0.5, 0.6) is 0 Å². The quantitative estimate of drug-likeness (QED) is 0.569. The van der Waals surface area contributed by atoms with Crippen LogP contribution in [-0.4, -0.2) is 73.2 Å². The molecule has 2 N–H and O–H groups in total. The third kappa shape index (κ3) is 7.82. The molecule has 0 aliphatic rings. The first kappa shape index (κ1) is 19.4. The van der Waals surface area contributed by atoms with Gasteiger partial charge in [-0.1, -0.05) is 13.8 Å². The lowest BCUT2D eigenvalue weighted by Crippen LogP contribution is -2.49. The summed E-state index contributed by atoms with van der Waals surface area (Å²) in [6.45, 7) is 10.7. The zero-order valence-electron chi connectivity index (χ0n) is 13.9. The minimum atomic E-state index is -0.794. The average molecular weight is 287 g/mol. The molecule has 0 fully saturated rings. The average Bonchev–Trinajstić information content (AvgIpc) is 2.36. The van der Waals surface area contributed by atoms with E-state index in [9.17, 15) is 9.90 Å². The first-order chi connectivity index (χ1) is 9.35. The van der Waals surface area contributed by atoms with Gasteiger partial charge in [-0.15, -0.1) is 0 Å². The molecule has 0 saturated heterocycles. The summed E-state index contributed by atoms with van der Waals surface area (Å²) in [6.07, 6.45) is 2.73. The third-order valence-corrected chi connectivity index (χ3v) is 3.72. The van der Waals surface area contributed by atoms with Gasteiger partial charge in [0.15, 0.2) is 0 Å². The number of hydrogen-bond donors (Lipinski definition) is 2. The van der Waals surface area contributed by atoms with E-state index in [1.54, 1.807) is 6.92 Å². The van der Waals surface area contributed by atoms with Gasteiger partial charge >= 0.3 is 5.97 Å². The smallest absolute Gasteiger partial charge is 0.323 e. The summed E-state index contributed by atoms with van der Waals surface area (Å²) in [5, 5.41) is 12.4. The van der Waals surface area contributed by atoms with Gasteiger partial charge in [-0.05, 0) is 73.0 Å². The summed E-state index contributed by atoms with van der Waals surface area (Å²) in [6, 6.07) is 0.